The van der Waals surface area contributed by atoms with Gasteiger partial charge in [-0.2, -0.15) is 0 Å². The highest BCUT2D eigenvalue weighted by atomic mass is 16.3. The summed E-state index contributed by atoms with van der Waals surface area (Å²) in [6.07, 6.45) is 1.65. The van der Waals surface area contributed by atoms with Crippen molar-refractivity contribution >= 4 is 5.78 Å². The maximum atomic E-state index is 11.8. The molecule has 2 nitrogen and oxygen atoms in total. The van der Waals surface area contributed by atoms with Crippen molar-refractivity contribution in [1.82, 2.24) is 0 Å². The first-order chi connectivity index (χ1) is 7.14. The molecule has 1 fully saturated rings. The number of hydrogen-bond acceptors (Lipinski definition) is 2. The van der Waals surface area contributed by atoms with Crippen LogP contribution in [0.2, 0.25) is 0 Å². The summed E-state index contributed by atoms with van der Waals surface area (Å²) in [5.41, 5.74) is 0.275. The van der Waals surface area contributed by atoms with Crippen molar-refractivity contribution in [3.8, 4) is 0 Å². The van der Waals surface area contributed by atoms with E-state index in [0.717, 1.165) is 18.4 Å². The average molecular weight is 204 g/mol. The van der Waals surface area contributed by atoms with Crippen LogP contribution < -0.4 is 0 Å². The minimum atomic E-state index is -0.659. The van der Waals surface area contributed by atoms with E-state index in [9.17, 15) is 9.90 Å². The highest BCUT2D eigenvalue weighted by molar-refractivity contribution is 5.87. The molecule has 2 heteroatoms. The zero-order chi connectivity index (χ0) is 10.9. The number of benzene rings is 1. The molecule has 15 heavy (non-hydrogen) atoms. The van der Waals surface area contributed by atoms with Gasteiger partial charge in [-0.3, -0.25) is 4.79 Å². The Kier molecular flexibility index (Phi) is 2.61. The molecule has 0 amide bonds. The molecule has 2 atom stereocenters. The minimum Gasteiger partial charge on any atom is -0.387 e. The number of rotatable bonds is 2. The Morgan fingerprint density at radius 3 is 2.53 bits per heavy atom. The molecule has 0 aliphatic heterocycles. The van der Waals surface area contributed by atoms with Crippen LogP contribution >= 0.6 is 0 Å². The Morgan fingerprint density at radius 1 is 1.33 bits per heavy atom. The second-order valence-electron chi connectivity index (χ2n) is 4.51. The van der Waals surface area contributed by atoms with Crippen LogP contribution in [-0.4, -0.2) is 10.9 Å². The summed E-state index contributed by atoms with van der Waals surface area (Å²) in [7, 11) is 0. The van der Waals surface area contributed by atoms with E-state index in [2.05, 4.69) is 0 Å². The minimum absolute atomic E-state index is 0.193. The fraction of sp³-hybridized carbons (Fsp3) is 0.462. The van der Waals surface area contributed by atoms with Gasteiger partial charge in [0.2, 0.25) is 0 Å². The molecule has 1 aliphatic rings. The Balaban J connectivity index is 2.28. The topological polar surface area (TPSA) is 37.3 Å². The molecule has 0 bridgehead atoms. The van der Waals surface area contributed by atoms with Gasteiger partial charge in [-0.05, 0) is 25.3 Å². The zero-order valence-electron chi connectivity index (χ0n) is 8.94. The monoisotopic (exact) mass is 204 g/mol. The first-order valence-corrected chi connectivity index (χ1v) is 5.41. The average Bonchev–Trinajstić information content (AvgIpc) is 2.61. The van der Waals surface area contributed by atoms with Crippen LogP contribution in [0, 0.1) is 5.41 Å². The van der Waals surface area contributed by atoms with Crippen molar-refractivity contribution in [2.45, 2.75) is 32.3 Å². The highest BCUT2D eigenvalue weighted by Gasteiger charge is 2.43. The lowest BCUT2D eigenvalue weighted by molar-refractivity contribution is -0.131. The van der Waals surface area contributed by atoms with Crippen molar-refractivity contribution in [2.24, 2.45) is 5.41 Å². The number of aliphatic hydroxyl groups excluding tert-OH is 1. The van der Waals surface area contributed by atoms with Gasteiger partial charge in [0.1, 0.15) is 5.78 Å². The lowest BCUT2D eigenvalue weighted by Gasteiger charge is -2.28. The predicted octanol–water partition coefficient (Wildman–Crippen LogP) is 2.48. The van der Waals surface area contributed by atoms with Crippen LogP contribution in [0.4, 0.5) is 0 Å². The van der Waals surface area contributed by atoms with Crippen LogP contribution in [0.3, 0.4) is 0 Å². The standard InChI is InChI=1S/C13H16O2/c1-13(9-5-8-11(13)14)12(15)10-6-3-2-4-7-10/h2-4,6-7,12,15H,5,8-9H2,1H3/t12?,13-/m1/s1. The van der Waals surface area contributed by atoms with E-state index in [-0.39, 0.29) is 5.78 Å². The molecule has 1 saturated carbocycles. The lowest BCUT2D eigenvalue weighted by Crippen LogP contribution is -2.29. The van der Waals surface area contributed by atoms with Crippen molar-refractivity contribution in [2.75, 3.05) is 0 Å². The Labute approximate surface area is 89.9 Å². The van der Waals surface area contributed by atoms with E-state index in [1.54, 1.807) is 0 Å². The maximum absolute atomic E-state index is 11.8. The third kappa shape index (κ3) is 1.70. The second kappa shape index (κ2) is 3.78. The summed E-state index contributed by atoms with van der Waals surface area (Å²) >= 11 is 0. The van der Waals surface area contributed by atoms with Gasteiger partial charge in [0.05, 0.1) is 11.5 Å². The van der Waals surface area contributed by atoms with Gasteiger partial charge in [-0.15, -0.1) is 0 Å². The van der Waals surface area contributed by atoms with Gasteiger partial charge in [0.25, 0.3) is 0 Å². The smallest absolute Gasteiger partial charge is 0.141 e. The molecular formula is C13H16O2. The number of aliphatic hydroxyl groups is 1. The lowest BCUT2D eigenvalue weighted by atomic mass is 9.78. The largest absolute Gasteiger partial charge is 0.387 e. The number of carbonyl (C=O) groups is 1. The maximum Gasteiger partial charge on any atom is 0.141 e. The van der Waals surface area contributed by atoms with E-state index in [1.807, 2.05) is 37.3 Å². The van der Waals surface area contributed by atoms with Gasteiger partial charge < -0.3 is 5.11 Å². The van der Waals surface area contributed by atoms with Crippen LogP contribution in [0.1, 0.15) is 37.9 Å². The van der Waals surface area contributed by atoms with Crippen LogP contribution in [-0.2, 0) is 4.79 Å². The molecule has 1 aromatic rings. The fourth-order valence-electron chi connectivity index (χ4n) is 2.33. The summed E-state index contributed by atoms with van der Waals surface area (Å²) in [6.45, 7) is 1.88. The van der Waals surface area contributed by atoms with Crippen LogP contribution in [0.5, 0.6) is 0 Å². The molecule has 0 saturated heterocycles. The Bertz CT molecular complexity index is 358. The summed E-state index contributed by atoms with van der Waals surface area (Å²) < 4.78 is 0. The second-order valence-corrected chi connectivity index (χ2v) is 4.51. The van der Waals surface area contributed by atoms with Gasteiger partial charge >= 0.3 is 0 Å². The Hall–Kier alpha value is -1.15. The molecule has 80 valence electrons. The van der Waals surface area contributed by atoms with E-state index in [0.29, 0.717) is 6.42 Å². The van der Waals surface area contributed by atoms with Crippen LogP contribution in [0.25, 0.3) is 0 Å². The molecule has 0 aromatic heterocycles. The molecular weight excluding hydrogens is 188 g/mol. The summed E-state index contributed by atoms with van der Waals surface area (Å²) in [4.78, 5) is 11.8. The molecule has 0 spiro atoms. The molecule has 0 heterocycles. The molecule has 2 rings (SSSR count). The molecule has 1 aromatic carbocycles. The third-order valence-corrected chi connectivity index (χ3v) is 3.46. The molecule has 1 aliphatic carbocycles. The van der Waals surface area contributed by atoms with Crippen molar-refractivity contribution in [1.29, 1.82) is 0 Å². The SMILES string of the molecule is C[C@@]1(C(O)c2ccccc2)CCCC1=O. The number of carbonyl (C=O) groups excluding carboxylic acids is 1. The fourth-order valence-corrected chi connectivity index (χ4v) is 2.33. The van der Waals surface area contributed by atoms with Crippen molar-refractivity contribution in [3.05, 3.63) is 35.9 Å². The van der Waals surface area contributed by atoms with Gasteiger partial charge in [-0.1, -0.05) is 30.3 Å². The summed E-state index contributed by atoms with van der Waals surface area (Å²) in [5.74, 6) is 0.193. The van der Waals surface area contributed by atoms with Gasteiger partial charge in [0, 0.05) is 6.42 Å². The molecule has 1 unspecified atom stereocenters. The first kappa shape index (κ1) is 10.4. The van der Waals surface area contributed by atoms with E-state index in [1.165, 1.54) is 0 Å². The van der Waals surface area contributed by atoms with E-state index < -0.39 is 11.5 Å². The van der Waals surface area contributed by atoms with E-state index in [4.69, 9.17) is 0 Å². The van der Waals surface area contributed by atoms with Crippen molar-refractivity contribution < 1.29 is 9.90 Å². The quantitative estimate of drug-likeness (QED) is 0.803. The molecule has 0 radical (unpaired) electrons. The Morgan fingerprint density at radius 2 is 2.00 bits per heavy atom. The number of ketones is 1. The van der Waals surface area contributed by atoms with Crippen LogP contribution in [0.15, 0.2) is 30.3 Å². The third-order valence-electron chi connectivity index (χ3n) is 3.46. The summed E-state index contributed by atoms with van der Waals surface area (Å²) in [6, 6.07) is 9.45. The number of hydrogen-bond donors (Lipinski definition) is 1. The summed E-state index contributed by atoms with van der Waals surface area (Å²) in [5, 5.41) is 10.2. The highest BCUT2D eigenvalue weighted by Crippen LogP contribution is 2.44. The van der Waals surface area contributed by atoms with E-state index >= 15 is 0 Å². The predicted molar refractivity (Wildman–Crippen MR) is 58.4 cm³/mol. The first-order valence-electron chi connectivity index (χ1n) is 5.41. The zero-order valence-corrected chi connectivity index (χ0v) is 8.94. The molecule has 1 N–H and O–H groups in total. The normalized spacial score (nSPS) is 28.0. The van der Waals surface area contributed by atoms with Gasteiger partial charge in [0.15, 0.2) is 0 Å². The number of Topliss-reactive ketones (excluding diaryl/α,β-unsaturated/α-hetero) is 1. The van der Waals surface area contributed by atoms with Gasteiger partial charge in [-0.25, -0.2) is 0 Å². The van der Waals surface area contributed by atoms with Crippen molar-refractivity contribution in [3.63, 3.8) is 0 Å².